The van der Waals surface area contributed by atoms with E-state index in [0.29, 0.717) is 31.3 Å². The molecule has 5 nitrogen and oxygen atoms in total. The number of hydrogen-bond donors (Lipinski definition) is 2. The molecule has 0 aromatic heterocycles. The number of fused-ring (bicyclic) bond motifs is 2. The lowest BCUT2D eigenvalue weighted by Crippen LogP contribution is -2.54. The summed E-state index contributed by atoms with van der Waals surface area (Å²) in [4.78, 5) is 27.1. The van der Waals surface area contributed by atoms with Gasteiger partial charge in [0.25, 0.3) is 0 Å². The Morgan fingerprint density at radius 2 is 1.85 bits per heavy atom. The lowest BCUT2D eigenvalue weighted by Gasteiger charge is -2.45. The van der Waals surface area contributed by atoms with Crippen LogP contribution < -0.4 is 11.1 Å². The van der Waals surface area contributed by atoms with Crippen molar-refractivity contribution >= 4 is 11.8 Å². The standard InChI is InChI=1S/C22H31N3O2/c1-14-5-7-15(8-6-14)12-25-13-18(11-20(25)26)22(27)24-21-16-3-2-4-17(21)10-19(23)9-16/h5-8,16-19,21H,2-4,9-13,23H2,1H3,(H,24,27). The molecule has 2 aliphatic carbocycles. The maximum Gasteiger partial charge on any atom is 0.225 e. The van der Waals surface area contributed by atoms with E-state index in [1.807, 2.05) is 4.90 Å². The van der Waals surface area contributed by atoms with Gasteiger partial charge in [0.15, 0.2) is 0 Å². The molecule has 3 atom stereocenters. The zero-order chi connectivity index (χ0) is 19.0. The Kier molecular flexibility index (Phi) is 5.22. The Morgan fingerprint density at radius 1 is 1.19 bits per heavy atom. The van der Waals surface area contributed by atoms with Gasteiger partial charge in [-0.1, -0.05) is 36.2 Å². The largest absolute Gasteiger partial charge is 0.353 e. The van der Waals surface area contributed by atoms with Crippen molar-refractivity contribution < 1.29 is 9.59 Å². The first-order chi connectivity index (χ1) is 13.0. The number of aryl methyl sites for hydroxylation is 1. The second kappa shape index (κ2) is 7.63. The number of nitrogens with two attached hydrogens (primary N) is 1. The van der Waals surface area contributed by atoms with E-state index in [2.05, 4.69) is 36.5 Å². The molecule has 1 heterocycles. The van der Waals surface area contributed by atoms with Crippen LogP contribution in [0.4, 0.5) is 0 Å². The summed E-state index contributed by atoms with van der Waals surface area (Å²) in [5.41, 5.74) is 8.52. The molecule has 3 fully saturated rings. The molecule has 2 amide bonds. The summed E-state index contributed by atoms with van der Waals surface area (Å²) in [5, 5.41) is 3.32. The normalized spacial score (nSPS) is 33.2. The third-order valence-corrected chi connectivity index (χ3v) is 6.76. The molecule has 5 heteroatoms. The Morgan fingerprint density at radius 3 is 2.52 bits per heavy atom. The highest BCUT2D eigenvalue weighted by atomic mass is 16.2. The number of nitrogens with one attached hydrogen (secondary N) is 1. The average molecular weight is 370 g/mol. The van der Waals surface area contributed by atoms with Crippen molar-refractivity contribution in [2.45, 2.75) is 64.1 Å². The fourth-order valence-corrected chi connectivity index (χ4v) is 5.32. The molecular formula is C22H31N3O2. The van der Waals surface area contributed by atoms with Gasteiger partial charge in [-0.05, 0) is 50.0 Å². The zero-order valence-electron chi connectivity index (χ0n) is 16.2. The predicted molar refractivity (Wildman–Crippen MR) is 105 cm³/mol. The summed E-state index contributed by atoms with van der Waals surface area (Å²) in [6, 6.07) is 8.78. The molecule has 1 aromatic carbocycles. The molecular weight excluding hydrogens is 338 g/mol. The van der Waals surface area contributed by atoms with Gasteiger partial charge in [0.1, 0.15) is 0 Å². The topological polar surface area (TPSA) is 75.4 Å². The zero-order valence-corrected chi connectivity index (χ0v) is 16.2. The van der Waals surface area contributed by atoms with Crippen molar-refractivity contribution in [1.29, 1.82) is 0 Å². The van der Waals surface area contributed by atoms with Gasteiger partial charge in [-0.3, -0.25) is 9.59 Å². The first kappa shape index (κ1) is 18.5. The first-order valence-electron chi connectivity index (χ1n) is 10.4. The number of benzene rings is 1. The first-order valence-corrected chi connectivity index (χ1v) is 10.4. The molecule has 1 aliphatic heterocycles. The molecule has 0 spiro atoms. The van der Waals surface area contributed by atoms with E-state index in [4.69, 9.17) is 5.73 Å². The van der Waals surface area contributed by atoms with Crippen molar-refractivity contribution in [2.75, 3.05) is 6.54 Å². The Balaban J connectivity index is 1.35. The SMILES string of the molecule is Cc1ccc(CN2CC(C(=O)NC3C4CCCC3CC(N)C4)CC2=O)cc1. The van der Waals surface area contributed by atoms with E-state index < -0.39 is 0 Å². The summed E-state index contributed by atoms with van der Waals surface area (Å²) < 4.78 is 0. The smallest absolute Gasteiger partial charge is 0.225 e. The maximum atomic E-state index is 12.9. The maximum absolute atomic E-state index is 12.9. The van der Waals surface area contributed by atoms with Crippen LogP contribution in [0.25, 0.3) is 0 Å². The molecule has 3 N–H and O–H groups in total. The third-order valence-electron chi connectivity index (χ3n) is 6.76. The van der Waals surface area contributed by atoms with Crippen LogP contribution in [-0.4, -0.2) is 35.3 Å². The minimum atomic E-state index is -0.223. The highest BCUT2D eigenvalue weighted by Crippen LogP contribution is 2.40. The number of nitrogens with zero attached hydrogens (tertiary/aromatic N) is 1. The summed E-state index contributed by atoms with van der Waals surface area (Å²) in [5.74, 6) is 0.947. The van der Waals surface area contributed by atoms with E-state index in [0.717, 1.165) is 31.2 Å². The minimum Gasteiger partial charge on any atom is -0.353 e. The predicted octanol–water partition coefficient (Wildman–Crippen LogP) is 2.37. The van der Waals surface area contributed by atoms with E-state index in [9.17, 15) is 9.59 Å². The average Bonchev–Trinajstić information content (AvgIpc) is 2.98. The third kappa shape index (κ3) is 4.03. The van der Waals surface area contributed by atoms with Gasteiger partial charge in [-0.2, -0.15) is 0 Å². The van der Waals surface area contributed by atoms with Crippen molar-refractivity contribution in [3.05, 3.63) is 35.4 Å². The van der Waals surface area contributed by atoms with Crippen LogP contribution in [-0.2, 0) is 16.1 Å². The molecule has 1 saturated heterocycles. The molecule has 146 valence electrons. The van der Waals surface area contributed by atoms with Crippen molar-refractivity contribution in [2.24, 2.45) is 23.5 Å². The summed E-state index contributed by atoms with van der Waals surface area (Å²) in [7, 11) is 0. The number of carbonyl (C=O) groups excluding carboxylic acids is 2. The second-order valence-corrected chi connectivity index (χ2v) is 8.88. The molecule has 4 rings (SSSR count). The number of hydrogen-bond acceptors (Lipinski definition) is 3. The fraction of sp³-hybridized carbons (Fsp3) is 0.636. The van der Waals surface area contributed by atoms with Gasteiger partial charge >= 0.3 is 0 Å². The highest BCUT2D eigenvalue weighted by molar-refractivity contribution is 5.89. The Hall–Kier alpha value is -1.88. The van der Waals surface area contributed by atoms with E-state index in [-0.39, 0.29) is 29.8 Å². The van der Waals surface area contributed by atoms with Gasteiger partial charge < -0.3 is 16.0 Å². The fourth-order valence-electron chi connectivity index (χ4n) is 5.32. The molecule has 2 bridgehead atoms. The van der Waals surface area contributed by atoms with Crippen LogP contribution in [0, 0.1) is 24.7 Å². The Bertz CT molecular complexity index is 688. The quantitative estimate of drug-likeness (QED) is 0.855. The number of rotatable bonds is 4. The van der Waals surface area contributed by atoms with Crippen LogP contribution in [0.15, 0.2) is 24.3 Å². The number of likely N-dealkylation sites (tertiary alicyclic amines) is 1. The van der Waals surface area contributed by atoms with E-state index in [1.54, 1.807) is 0 Å². The molecule has 1 aromatic rings. The Labute approximate surface area is 161 Å². The van der Waals surface area contributed by atoms with Gasteiger partial charge in [0.2, 0.25) is 11.8 Å². The van der Waals surface area contributed by atoms with Crippen molar-refractivity contribution in [3.63, 3.8) is 0 Å². The molecule has 2 saturated carbocycles. The molecule has 27 heavy (non-hydrogen) atoms. The monoisotopic (exact) mass is 369 g/mol. The van der Waals surface area contributed by atoms with Crippen LogP contribution in [0.2, 0.25) is 0 Å². The summed E-state index contributed by atoms with van der Waals surface area (Å²) >= 11 is 0. The number of carbonyl (C=O) groups is 2. The summed E-state index contributed by atoms with van der Waals surface area (Å²) in [6.45, 7) is 3.17. The van der Waals surface area contributed by atoms with E-state index in [1.165, 1.54) is 12.0 Å². The minimum absolute atomic E-state index is 0.0622. The van der Waals surface area contributed by atoms with Crippen molar-refractivity contribution in [1.82, 2.24) is 10.2 Å². The lowest BCUT2D eigenvalue weighted by atomic mass is 9.67. The second-order valence-electron chi connectivity index (χ2n) is 8.88. The van der Waals surface area contributed by atoms with Gasteiger partial charge in [-0.25, -0.2) is 0 Å². The molecule has 0 radical (unpaired) electrons. The highest BCUT2D eigenvalue weighted by Gasteiger charge is 2.42. The van der Waals surface area contributed by atoms with Crippen LogP contribution in [0.3, 0.4) is 0 Å². The van der Waals surface area contributed by atoms with Gasteiger partial charge in [0, 0.05) is 31.6 Å². The van der Waals surface area contributed by atoms with E-state index >= 15 is 0 Å². The van der Waals surface area contributed by atoms with Crippen LogP contribution >= 0.6 is 0 Å². The number of amides is 2. The summed E-state index contributed by atoms with van der Waals surface area (Å²) in [6.07, 6.45) is 5.95. The van der Waals surface area contributed by atoms with Gasteiger partial charge in [0.05, 0.1) is 5.92 Å². The molecule has 3 unspecified atom stereocenters. The van der Waals surface area contributed by atoms with Crippen LogP contribution in [0.5, 0.6) is 0 Å². The lowest BCUT2D eigenvalue weighted by molar-refractivity contribution is -0.130. The van der Waals surface area contributed by atoms with Crippen LogP contribution in [0.1, 0.15) is 49.7 Å². The van der Waals surface area contributed by atoms with Crippen molar-refractivity contribution in [3.8, 4) is 0 Å². The van der Waals surface area contributed by atoms with Gasteiger partial charge in [-0.15, -0.1) is 0 Å². The molecule has 3 aliphatic rings.